The first-order valence-electron chi connectivity index (χ1n) is 6.41. The van der Waals surface area contributed by atoms with Crippen LogP contribution in [0, 0.1) is 6.92 Å². The molecule has 0 amide bonds. The van der Waals surface area contributed by atoms with Crippen molar-refractivity contribution in [2.75, 3.05) is 0 Å². The van der Waals surface area contributed by atoms with Crippen molar-refractivity contribution in [2.45, 2.75) is 6.92 Å². The largest absolute Gasteiger partial charge is 0.478 e. The van der Waals surface area contributed by atoms with Gasteiger partial charge in [-0.05, 0) is 29.3 Å². The van der Waals surface area contributed by atoms with E-state index in [4.69, 9.17) is 5.11 Å². The number of carboxylic acids is 1. The molecule has 100 valence electrons. The van der Waals surface area contributed by atoms with Crippen LogP contribution in [-0.4, -0.2) is 11.1 Å². The third-order valence-corrected chi connectivity index (χ3v) is 3.03. The molecule has 0 saturated carbocycles. The molecule has 0 radical (unpaired) electrons. The lowest BCUT2D eigenvalue weighted by Crippen LogP contribution is -1.97. The predicted octanol–water partition coefficient (Wildman–Crippen LogP) is 4.53. The van der Waals surface area contributed by atoms with Gasteiger partial charge in [0.05, 0.1) is 5.56 Å². The SMILES string of the molecule is Cc1ccccc1C(=O)O.c1ccc2ccccc2c1. The fourth-order valence-electron chi connectivity index (χ4n) is 1.95. The summed E-state index contributed by atoms with van der Waals surface area (Å²) in [6.07, 6.45) is 0. The third-order valence-electron chi connectivity index (χ3n) is 3.03. The van der Waals surface area contributed by atoms with Crippen molar-refractivity contribution in [3.63, 3.8) is 0 Å². The van der Waals surface area contributed by atoms with Crippen LogP contribution in [0.4, 0.5) is 0 Å². The normalized spacial score (nSPS) is 9.65. The first kappa shape index (κ1) is 13.8. The Morgan fingerprint density at radius 1 is 0.750 bits per heavy atom. The van der Waals surface area contributed by atoms with Gasteiger partial charge in [-0.25, -0.2) is 4.79 Å². The van der Waals surface area contributed by atoms with Crippen molar-refractivity contribution in [3.8, 4) is 0 Å². The molecular formula is C18H16O2. The predicted molar refractivity (Wildman–Crippen MR) is 82.1 cm³/mol. The molecule has 1 N–H and O–H groups in total. The van der Waals surface area contributed by atoms with E-state index in [1.807, 2.05) is 6.07 Å². The van der Waals surface area contributed by atoms with Gasteiger partial charge >= 0.3 is 5.97 Å². The number of hydrogen-bond acceptors (Lipinski definition) is 1. The molecular weight excluding hydrogens is 248 g/mol. The van der Waals surface area contributed by atoms with E-state index < -0.39 is 5.97 Å². The molecule has 3 rings (SSSR count). The molecule has 0 aliphatic heterocycles. The van der Waals surface area contributed by atoms with Crippen LogP contribution in [0.3, 0.4) is 0 Å². The minimum atomic E-state index is -0.863. The van der Waals surface area contributed by atoms with Crippen molar-refractivity contribution in [2.24, 2.45) is 0 Å². The Morgan fingerprint density at radius 2 is 1.15 bits per heavy atom. The molecule has 0 aliphatic carbocycles. The van der Waals surface area contributed by atoms with Gasteiger partial charge in [0.1, 0.15) is 0 Å². The molecule has 20 heavy (non-hydrogen) atoms. The molecule has 0 saturated heterocycles. The van der Waals surface area contributed by atoms with E-state index >= 15 is 0 Å². The Hall–Kier alpha value is -2.61. The molecule has 0 heterocycles. The number of aryl methyl sites for hydroxylation is 1. The molecule has 0 aromatic heterocycles. The minimum absolute atomic E-state index is 0.377. The Balaban J connectivity index is 0.000000147. The highest BCUT2D eigenvalue weighted by atomic mass is 16.4. The van der Waals surface area contributed by atoms with Gasteiger partial charge < -0.3 is 5.11 Å². The zero-order valence-corrected chi connectivity index (χ0v) is 11.3. The summed E-state index contributed by atoms with van der Waals surface area (Å²) in [5, 5.41) is 11.2. The van der Waals surface area contributed by atoms with Gasteiger partial charge in [0, 0.05) is 0 Å². The summed E-state index contributed by atoms with van der Waals surface area (Å²) < 4.78 is 0. The Morgan fingerprint density at radius 3 is 1.50 bits per heavy atom. The van der Waals surface area contributed by atoms with Crippen LogP contribution >= 0.6 is 0 Å². The zero-order chi connectivity index (χ0) is 14.4. The van der Waals surface area contributed by atoms with Gasteiger partial charge in [0.15, 0.2) is 0 Å². The summed E-state index contributed by atoms with van der Waals surface area (Å²) in [5.41, 5.74) is 1.18. The molecule has 3 aromatic carbocycles. The van der Waals surface area contributed by atoms with E-state index in [-0.39, 0.29) is 0 Å². The summed E-state index contributed by atoms with van der Waals surface area (Å²) in [5.74, 6) is -0.863. The minimum Gasteiger partial charge on any atom is -0.478 e. The fourth-order valence-corrected chi connectivity index (χ4v) is 1.95. The van der Waals surface area contributed by atoms with Gasteiger partial charge in [-0.15, -0.1) is 0 Å². The number of hydrogen-bond donors (Lipinski definition) is 1. The summed E-state index contributed by atoms with van der Waals surface area (Å²) in [6.45, 7) is 1.78. The maximum atomic E-state index is 10.4. The maximum Gasteiger partial charge on any atom is 0.335 e. The van der Waals surface area contributed by atoms with Gasteiger partial charge in [0.2, 0.25) is 0 Å². The number of fused-ring (bicyclic) bond motifs is 1. The van der Waals surface area contributed by atoms with E-state index in [9.17, 15) is 4.79 Å². The second-order valence-corrected chi connectivity index (χ2v) is 4.47. The molecule has 2 nitrogen and oxygen atoms in total. The van der Waals surface area contributed by atoms with Gasteiger partial charge in [0.25, 0.3) is 0 Å². The molecule has 0 unspecified atom stereocenters. The van der Waals surface area contributed by atoms with Crippen LogP contribution < -0.4 is 0 Å². The number of benzene rings is 3. The number of carboxylic acid groups (broad SMARTS) is 1. The van der Waals surface area contributed by atoms with Crippen LogP contribution in [0.1, 0.15) is 15.9 Å². The van der Waals surface area contributed by atoms with E-state index in [1.54, 1.807) is 25.1 Å². The highest BCUT2D eigenvalue weighted by Gasteiger charge is 2.02. The topological polar surface area (TPSA) is 37.3 Å². The molecule has 2 heteroatoms. The van der Waals surface area contributed by atoms with Crippen molar-refractivity contribution < 1.29 is 9.90 Å². The van der Waals surface area contributed by atoms with Crippen LogP contribution in [0.15, 0.2) is 72.8 Å². The molecule has 0 aliphatic rings. The second-order valence-electron chi connectivity index (χ2n) is 4.47. The maximum absolute atomic E-state index is 10.4. The number of aromatic carboxylic acids is 1. The lowest BCUT2D eigenvalue weighted by Gasteiger charge is -1.96. The third kappa shape index (κ3) is 3.45. The number of carbonyl (C=O) groups is 1. The monoisotopic (exact) mass is 264 g/mol. The van der Waals surface area contributed by atoms with Gasteiger partial charge in [-0.2, -0.15) is 0 Å². The quantitative estimate of drug-likeness (QED) is 0.701. The molecule has 0 spiro atoms. The summed E-state index contributed by atoms with van der Waals surface area (Å²) >= 11 is 0. The highest BCUT2D eigenvalue weighted by molar-refractivity contribution is 5.89. The van der Waals surface area contributed by atoms with E-state index in [0.717, 1.165) is 5.56 Å². The fraction of sp³-hybridized carbons (Fsp3) is 0.0556. The molecule has 3 aromatic rings. The van der Waals surface area contributed by atoms with E-state index in [1.165, 1.54) is 10.8 Å². The summed E-state index contributed by atoms with van der Waals surface area (Å²) in [7, 11) is 0. The standard InChI is InChI=1S/C10H8.C8H8O2/c1-2-6-10-8-4-3-7-9(10)5-1;1-6-4-2-3-5-7(6)8(9)10/h1-8H;2-5H,1H3,(H,9,10). The first-order chi connectivity index (χ1) is 9.68. The smallest absolute Gasteiger partial charge is 0.335 e. The molecule has 0 atom stereocenters. The van der Waals surface area contributed by atoms with Crippen LogP contribution in [0.5, 0.6) is 0 Å². The van der Waals surface area contributed by atoms with Crippen molar-refractivity contribution in [1.82, 2.24) is 0 Å². The van der Waals surface area contributed by atoms with E-state index in [0.29, 0.717) is 5.56 Å². The summed E-state index contributed by atoms with van der Waals surface area (Å²) in [4.78, 5) is 10.4. The molecule has 0 fully saturated rings. The first-order valence-corrected chi connectivity index (χ1v) is 6.41. The summed E-state index contributed by atoms with van der Waals surface area (Å²) in [6, 6.07) is 23.6. The van der Waals surface area contributed by atoms with E-state index in [2.05, 4.69) is 48.5 Å². The van der Waals surface area contributed by atoms with Crippen molar-refractivity contribution in [3.05, 3.63) is 83.9 Å². The van der Waals surface area contributed by atoms with Gasteiger partial charge in [-0.1, -0.05) is 66.7 Å². The second kappa shape index (κ2) is 6.53. The molecule has 0 bridgehead atoms. The van der Waals surface area contributed by atoms with Crippen molar-refractivity contribution >= 4 is 16.7 Å². The average Bonchev–Trinajstić information content (AvgIpc) is 2.48. The highest BCUT2D eigenvalue weighted by Crippen LogP contribution is 2.11. The Kier molecular flexibility index (Phi) is 4.51. The van der Waals surface area contributed by atoms with Crippen LogP contribution in [0.2, 0.25) is 0 Å². The Bertz CT molecular complexity index is 652. The number of rotatable bonds is 1. The zero-order valence-electron chi connectivity index (χ0n) is 11.3. The van der Waals surface area contributed by atoms with Gasteiger partial charge in [-0.3, -0.25) is 0 Å². The lowest BCUT2D eigenvalue weighted by molar-refractivity contribution is 0.0696. The lowest BCUT2D eigenvalue weighted by atomic mass is 10.1. The Labute approximate surface area is 118 Å². The average molecular weight is 264 g/mol. The van der Waals surface area contributed by atoms with Crippen LogP contribution in [0.25, 0.3) is 10.8 Å². The van der Waals surface area contributed by atoms with Crippen LogP contribution in [-0.2, 0) is 0 Å². The van der Waals surface area contributed by atoms with Crippen molar-refractivity contribution in [1.29, 1.82) is 0 Å².